The Morgan fingerprint density at radius 1 is 1.45 bits per heavy atom. The number of rotatable bonds is 4. The molecule has 4 heteroatoms. The van der Waals surface area contributed by atoms with Crippen molar-refractivity contribution in [1.82, 2.24) is 0 Å². The molecular weight excluding hydrogens is 279 g/mol. The van der Waals surface area contributed by atoms with Crippen LogP contribution >= 0.6 is 11.6 Å². The van der Waals surface area contributed by atoms with Gasteiger partial charge in [0.25, 0.3) is 0 Å². The van der Waals surface area contributed by atoms with Gasteiger partial charge in [-0.05, 0) is 49.3 Å². The molecule has 0 amide bonds. The lowest BCUT2D eigenvalue weighted by Crippen LogP contribution is -2.44. The highest BCUT2D eigenvalue weighted by Crippen LogP contribution is 2.36. The Morgan fingerprint density at radius 3 is 2.65 bits per heavy atom. The number of benzene rings is 1. The van der Waals surface area contributed by atoms with E-state index in [-0.39, 0.29) is 12.2 Å². The van der Waals surface area contributed by atoms with Crippen molar-refractivity contribution in [3.8, 4) is 0 Å². The van der Waals surface area contributed by atoms with E-state index < -0.39 is 11.4 Å². The lowest BCUT2D eigenvalue weighted by Gasteiger charge is -2.37. The molecule has 0 atom stereocenters. The molecule has 20 heavy (non-hydrogen) atoms. The highest BCUT2D eigenvalue weighted by Gasteiger charge is 2.40. The molecular formula is C16H20ClFO2. The number of ketones is 1. The summed E-state index contributed by atoms with van der Waals surface area (Å²) in [5.41, 5.74) is -0.354. The quantitative estimate of drug-likeness (QED) is 0.833. The Kier molecular flexibility index (Phi) is 4.82. The minimum absolute atomic E-state index is 0.0341. The van der Waals surface area contributed by atoms with Crippen molar-refractivity contribution >= 4 is 17.4 Å². The molecule has 2 nitrogen and oxygen atoms in total. The van der Waals surface area contributed by atoms with Crippen LogP contribution in [0.4, 0.5) is 4.39 Å². The predicted molar refractivity (Wildman–Crippen MR) is 77.5 cm³/mol. The number of hydrogen-bond acceptors (Lipinski definition) is 2. The zero-order valence-corrected chi connectivity index (χ0v) is 12.7. The fraction of sp³-hybridized carbons (Fsp3) is 0.562. The first-order valence-corrected chi connectivity index (χ1v) is 7.37. The number of Topliss-reactive ketones (excluding diaryl/α,β-unsaturated/α-hetero) is 1. The molecule has 0 radical (unpaired) electrons. The molecule has 0 N–H and O–H groups in total. The Morgan fingerprint density at radius 2 is 2.10 bits per heavy atom. The minimum Gasteiger partial charge on any atom is -0.370 e. The fourth-order valence-corrected chi connectivity index (χ4v) is 2.98. The van der Waals surface area contributed by atoms with E-state index in [2.05, 4.69) is 6.92 Å². The number of hydrogen-bond donors (Lipinski definition) is 0. The Balaban J connectivity index is 2.13. The minimum atomic E-state index is -0.738. The molecule has 0 unspecified atom stereocenters. The number of ether oxygens (including phenoxy) is 1. The summed E-state index contributed by atoms with van der Waals surface area (Å²) in [4.78, 5) is 12.5. The maximum Gasteiger partial charge on any atom is 0.169 e. The summed E-state index contributed by atoms with van der Waals surface area (Å²) < 4.78 is 19.3. The summed E-state index contributed by atoms with van der Waals surface area (Å²) in [6.45, 7) is 2.18. The van der Waals surface area contributed by atoms with Crippen LogP contribution in [0.1, 0.15) is 38.2 Å². The van der Waals surface area contributed by atoms with Gasteiger partial charge in [-0.15, -0.1) is 0 Å². The van der Waals surface area contributed by atoms with Crippen LogP contribution in [0.5, 0.6) is 0 Å². The largest absolute Gasteiger partial charge is 0.370 e. The first-order chi connectivity index (χ1) is 9.47. The zero-order chi connectivity index (χ0) is 14.8. The van der Waals surface area contributed by atoms with Gasteiger partial charge in [-0.3, -0.25) is 4.79 Å². The molecule has 1 aliphatic rings. The van der Waals surface area contributed by atoms with E-state index in [0.29, 0.717) is 16.5 Å². The monoisotopic (exact) mass is 298 g/mol. The normalized spacial score (nSPS) is 26.5. The maximum atomic E-state index is 13.8. The summed E-state index contributed by atoms with van der Waals surface area (Å²) in [7, 11) is 1.58. The summed E-state index contributed by atoms with van der Waals surface area (Å²) in [6.07, 6.45) is 3.45. The number of methoxy groups -OCH3 is 1. The predicted octanol–water partition coefficient (Wildman–Crippen LogP) is 4.19. The third-order valence-electron chi connectivity index (χ3n) is 4.35. The molecule has 0 aliphatic heterocycles. The van der Waals surface area contributed by atoms with Gasteiger partial charge in [0.05, 0.1) is 0 Å². The molecule has 0 aromatic heterocycles. The third-order valence-corrected chi connectivity index (χ3v) is 4.58. The standard InChI is InChI=1S/C16H20ClFO2/c1-11-5-7-16(20-2,8-6-11)15(19)9-12-3-4-13(17)10-14(12)18/h3-4,10-11H,5-9H2,1-2H3. The van der Waals surface area contributed by atoms with E-state index in [4.69, 9.17) is 16.3 Å². The van der Waals surface area contributed by atoms with Gasteiger partial charge < -0.3 is 4.74 Å². The lowest BCUT2D eigenvalue weighted by atomic mass is 9.76. The molecule has 0 saturated heterocycles. The highest BCUT2D eigenvalue weighted by atomic mass is 35.5. The topological polar surface area (TPSA) is 26.3 Å². The van der Waals surface area contributed by atoms with Crippen molar-refractivity contribution in [3.63, 3.8) is 0 Å². The molecule has 1 saturated carbocycles. The summed E-state index contributed by atoms with van der Waals surface area (Å²) in [6, 6.07) is 4.42. The second-order valence-electron chi connectivity index (χ2n) is 5.72. The van der Waals surface area contributed by atoms with Crippen LogP contribution in [0.2, 0.25) is 5.02 Å². The van der Waals surface area contributed by atoms with E-state index in [9.17, 15) is 9.18 Å². The van der Waals surface area contributed by atoms with E-state index >= 15 is 0 Å². The highest BCUT2D eigenvalue weighted by molar-refractivity contribution is 6.30. The van der Waals surface area contributed by atoms with Crippen molar-refractivity contribution in [2.75, 3.05) is 7.11 Å². The summed E-state index contributed by atoms with van der Waals surface area (Å²) in [5, 5.41) is 0.339. The molecule has 1 fully saturated rings. The van der Waals surface area contributed by atoms with Crippen molar-refractivity contribution in [2.45, 2.75) is 44.6 Å². The molecule has 0 spiro atoms. The molecule has 110 valence electrons. The van der Waals surface area contributed by atoms with Crippen molar-refractivity contribution in [1.29, 1.82) is 0 Å². The van der Waals surface area contributed by atoms with Gasteiger partial charge in [0.1, 0.15) is 11.4 Å². The van der Waals surface area contributed by atoms with Crippen LogP contribution < -0.4 is 0 Å². The van der Waals surface area contributed by atoms with Crippen molar-refractivity contribution in [3.05, 3.63) is 34.6 Å². The molecule has 1 aromatic rings. The average Bonchev–Trinajstić information content (AvgIpc) is 2.43. The van der Waals surface area contributed by atoms with Crippen LogP contribution in [0.3, 0.4) is 0 Å². The average molecular weight is 299 g/mol. The summed E-state index contributed by atoms with van der Waals surface area (Å²) >= 11 is 5.72. The Bertz CT molecular complexity index is 493. The van der Waals surface area contributed by atoms with Crippen LogP contribution in [-0.4, -0.2) is 18.5 Å². The van der Waals surface area contributed by atoms with E-state index in [0.717, 1.165) is 25.7 Å². The second-order valence-corrected chi connectivity index (χ2v) is 6.15. The zero-order valence-electron chi connectivity index (χ0n) is 11.9. The first kappa shape index (κ1) is 15.5. The number of carbonyl (C=O) groups excluding carboxylic acids is 1. The van der Waals surface area contributed by atoms with Gasteiger partial charge in [0.15, 0.2) is 5.78 Å². The number of carbonyl (C=O) groups is 1. The van der Waals surface area contributed by atoms with E-state index in [1.54, 1.807) is 19.2 Å². The second kappa shape index (κ2) is 6.23. The van der Waals surface area contributed by atoms with Crippen LogP contribution in [0.25, 0.3) is 0 Å². The van der Waals surface area contributed by atoms with Crippen molar-refractivity contribution in [2.24, 2.45) is 5.92 Å². The first-order valence-electron chi connectivity index (χ1n) is 6.99. The van der Waals surface area contributed by atoms with Gasteiger partial charge in [-0.1, -0.05) is 24.6 Å². The molecule has 1 aromatic carbocycles. The van der Waals surface area contributed by atoms with Gasteiger partial charge in [-0.2, -0.15) is 0 Å². The SMILES string of the molecule is COC1(C(=O)Cc2ccc(Cl)cc2F)CCC(C)CC1. The van der Waals surface area contributed by atoms with Gasteiger partial charge in [0, 0.05) is 18.6 Å². The van der Waals surface area contributed by atoms with E-state index in [1.165, 1.54) is 6.07 Å². The van der Waals surface area contributed by atoms with Crippen LogP contribution in [0, 0.1) is 11.7 Å². The summed E-state index contributed by atoms with van der Waals surface area (Å²) in [5.74, 6) is 0.160. The lowest BCUT2D eigenvalue weighted by molar-refractivity contribution is -0.145. The smallest absolute Gasteiger partial charge is 0.169 e. The van der Waals surface area contributed by atoms with E-state index in [1.807, 2.05) is 0 Å². The molecule has 1 aliphatic carbocycles. The fourth-order valence-electron chi connectivity index (χ4n) is 2.82. The van der Waals surface area contributed by atoms with Gasteiger partial charge in [0.2, 0.25) is 0 Å². The van der Waals surface area contributed by atoms with Crippen molar-refractivity contribution < 1.29 is 13.9 Å². The Hall–Kier alpha value is -0.930. The molecule has 2 rings (SSSR count). The third kappa shape index (κ3) is 3.21. The maximum absolute atomic E-state index is 13.8. The van der Waals surface area contributed by atoms with Gasteiger partial charge in [-0.25, -0.2) is 4.39 Å². The van der Waals surface area contributed by atoms with Crippen LogP contribution in [0.15, 0.2) is 18.2 Å². The molecule has 0 bridgehead atoms. The van der Waals surface area contributed by atoms with Gasteiger partial charge >= 0.3 is 0 Å². The Labute approximate surface area is 124 Å². The van der Waals surface area contributed by atoms with Crippen LogP contribution in [-0.2, 0) is 16.0 Å². The number of halogens is 2. The molecule has 0 heterocycles.